The number of hydrogen-bond acceptors (Lipinski definition) is 3. The number of rotatable bonds is 7. The Morgan fingerprint density at radius 3 is 2.46 bits per heavy atom. The van der Waals surface area contributed by atoms with Gasteiger partial charge in [0.2, 0.25) is 0 Å². The number of nitrogens with zero attached hydrogens (tertiary/aromatic N) is 3. The minimum Gasteiger partial charge on any atom is -0.497 e. The first-order valence-corrected chi connectivity index (χ1v) is 10.7. The maximum Gasteiger partial charge on any atom is 0.120 e. The summed E-state index contributed by atoms with van der Waals surface area (Å²) >= 11 is 0. The fourth-order valence-corrected chi connectivity index (χ4v) is 4.21. The Labute approximate surface area is 168 Å². The Balaban J connectivity index is 2.18. The smallest absolute Gasteiger partial charge is 0.120 e. The molecule has 6 heteroatoms. The normalized spacial score (nSPS) is 12.0. The van der Waals surface area contributed by atoms with Gasteiger partial charge in [-0.2, -0.15) is 5.26 Å². The topological polar surface area (TPSA) is 58.3 Å². The number of nitriles is 1. The monoisotopic (exact) mass is 395 g/mol. The molecule has 0 aliphatic heterocycles. The predicted molar refractivity (Wildman–Crippen MR) is 116 cm³/mol. The second kappa shape index (κ2) is 8.49. The largest absolute Gasteiger partial charge is 0.497 e. The lowest BCUT2D eigenvalue weighted by Crippen LogP contribution is -2.21. The molecule has 0 N–H and O–H groups in total. The van der Waals surface area contributed by atoms with Crippen LogP contribution in [0.5, 0.6) is 5.75 Å². The Bertz CT molecular complexity index is 1050. The van der Waals surface area contributed by atoms with Crippen LogP contribution in [-0.4, -0.2) is 28.7 Å². The van der Waals surface area contributed by atoms with Crippen molar-refractivity contribution in [2.45, 2.75) is 26.8 Å². The van der Waals surface area contributed by atoms with Crippen molar-refractivity contribution < 1.29 is 8.95 Å². The Morgan fingerprint density at radius 2 is 1.89 bits per heavy atom. The standard InChI is InChI=1S/C22H25N3O2S/c1-5-13-25-21-14-18(27-4)11-12-19(21)20(15-23)22(25)16-7-9-17(10-8-16)24(3)28(26)6-2/h7-12,14H,5-6,13H2,1-4H3. The van der Waals surface area contributed by atoms with Crippen LogP contribution in [0.4, 0.5) is 5.69 Å². The first-order valence-electron chi connectivity index (χ1n) is 9.38. The second-order valence-electron chi connectivity index (χ2n) is 6.52. The highest BCUT2D eigenvalue weighted by Gasteiger charge is 2.19. The minimum atomic E-state index is -1.04. The van der Waals surface area contributed by atoms with E-state index >= 15 is 0 Å². The van der Waals surface area contributed by atoms with Crippen LogP contribution in [0.3, 0.4) is 0 Å². The fourth-order valence-electron chi connectivity index (χ4n) is 3.47. The molecule has 2 aromatic carbocycles. The maximum atomic E-state index is 12.1. The van der Waals surface area contributed by atoms with Gasteiger partial charge >= 0.3 is 0 Å². The van der Waals surface area contributed by atoms with Crippen LogP contribution < -0.4 is 9.04 Å². The van der Waals surface area contributed by atoms with E-state index in [0.29, 0.717) is 11.3 Å². The molecule has 1 unspecified atom stereocenters. The average molecular weight is 396 g/mol. The lowest BCUT2D eigenvalue weighted by molar-refractivity contribution is 0.415. The van der Waals surface area contributed by atoms with Crippen LogP contribution in [0.1, 0.15) is 25.8 Å². The maximum absolute atomic E-state index is 12.1. The van der Waals surface area contributed by atoms with Gasteiger partial charge in [-0.25, -0.2) is 4.21 Å². The molecule has 0 aliphatic rings. The number of fused-ring (bicyclic) bond motifs is 1. The van der Waals surface area contributed by atoms with Gasteiger partial charge in [-0.1, -0.05) is 26.0 Å². The van der Waals surface area contributed by atoms with Gasteiger partial charge in [-0.15, -0.1) is 0 Å². The summed E-state index contributed by atoms with van der Waals surface area (Å²) in [6, 6.07) is 16.1. The molecule has 0 saturated carbocycles. The minimum absolute atomic E-state index is 0.573. The van der Waals surface area contributed by atoms with Gasteiger partial charge < -0.3 is 9.30 Å². The Morgan fingerprint density at radius 1 is 1.18 bits per heavy atom. The molecule has 3 rings (SSSR count). The van der Waals surface area contributed by atoms with Gasteiger partial charge in [0.15, 0.2) is 0 Å². The van der Waals surface area contributed by atoms with Crippen molar-refractivity contribution in [3.05, 3.63) is 48.0 Å². The molecule has 146 valence electrons. The number of hydrogen-bond donors (Lipinski definition) is 0. The molecule has 1 heterocycles. The Kier molecular flexibility index (Phi) is 6.05. The average Bonchev–Trinajstić information content (AvgIpc) is 3.05. The third-order valence-corrected chi connectivity index (χ3v) is 6.20. The van der Waals surface area contributed by atoms with E-state index in [2.05, 4.69) is 17.6 Å². The van der Waals surface area contributed by atoms with E-state index in [1.54, 1.807) is 11.4 Å². The van der Waals surface area contributed by atoms with E-state index in [1.165, 1.54) is 0 Å². The van der Waals surface area contributed by atoms with Gasteiger partial charge in [0, 0.05) is 36.5 Å². The summed E-state index contributed by atoms with van der Waals surface area (Å²) in [4.78, 5) is 0. The summed E-state index contributed by atoms with van der Waals surface area (Å²) in [5.74, 6) is 1.35. The van der Waals surface area contributed by atoms with Crippen LogP contribution in [0.15, 0.2) is 42.5 Å². The first-order chi connectivity index (χ1) is 13.5. The van der Waals surface area contributed by atoms with E-state index in [9.17, 15) is 9.47 Å². The molecular weight excluding hydrogens is 370 g/mol. The van der Waals surface area contributed by atoms with Crippen LogP contribution in [0, 0.1) is 11.3 Å². The van der Waals surface area contributed by atoms with E-state index in [0.717, 1.165) is 46.6 Å². The number of anilines is 1. The lowest BCUT2D eigenvalue weighted by Gasteiger charge is -2.18. The summed E-state index contributed by atoms with van der Waals surface area (Å²) in [5, 5.41) is 10.8. The zero-order chi connectivity index (χ0) is 20.3. The molecular formula is C22H25N3O2S. The van der Waals surface area contributed by atoms with Gasteiger partial charge in [0.05, 0.1) is 23.9 Å². The van der Waals surface area contributed by atoms with E-state index in [4.69, 9.17) is 4.74 Å². The highest BCUT2D eigenvalue weighted by molar-refractivity contribution is 7.86. The highest BCUT2D eigenvalue weighted by Crippen LogP contribution is 2.36. The quantitative estimate of drug-likeness (QED) is 0.582. The number of ether oxygens (including phenoxy) is 1. The zero-order valence-corrected chi connectivity index (χ0v) is 17.5. The van der Waals surface area contributed by atoms with Crippen molar-refractivity contribution in [3.63, 3.8) is 0 Å². The van der Waals surface area contributed by atoms with Gasteiger partial charge in [-0.05, 0) is 36.2 Å². The van der Waals surface area contributed by atoms with Crippen molar-refractivity contribution in [3.8, 4) is 23.1 Å². The summed E-state index contributed by atoms with van der Waals surface area (Å²) < 4.78 is 21.4. The number of methoxy groups -OCH3 is 1. The SMILES string of the molecule is CCCn1c(-c2ccc(N(C)S(=O)CC)cc2)c(C#N)c2ccc(OC)cc21. The second-order valence-corrected chi connectivity index (χ2v) is 8.29. The highest BCUT2D eigenvalue weighted by atomic mass is 32.2. The van der Waals surface area contributed by atoms with Gasteiger partial charge in [-0.3, -0.25) is 4.31 Å². The Hall–Kier alpha value is -2.78. The molecule has 0 saturated heterocycles. The molecule has 0 radical (unpaired) electrons. The molecule has 0 spiro atoms. The number of aryl methyl sites for hydroxylation is 1. The molecule has 0 fully saturated rings. The molecule has 28 heavy (non-hydrogen) atoms. The molecule has 1 aromatic heterocycles. The van der Waals surface area contributed by atoms with Crippen LogP contribution in [-0.2, 0) is 17.5 Å². The summed E-state index contributed by atoms with van der Waals surface area (Å²) in [5.41, 5.74) is 4.45. The third-order valence-electron chi connectivity index (χ3n) is 4.89. The van der Waals surface area contributed by atoms with Crippen molar-refractivity contribution in [2.75, 3.05) is 24.2 Å². The number of aromatic nitrogens is 1. The first kappa shape index (κ1) is 20.0. The van der Waals surface area contributed by atoms with Crippen molar-refractivity contribution in [2.24, 2.45) is 0 Å². The summed E-state index contributed by atoms with van der Waals surface area (Å²) in [7, 11) is 2.44. The zero-order valence-electron chi connectivity index (χ0n) is 16.7. The van der Waals surface area contributed by atoms with E-state index in [1.807, 2.05) is 56.4 Å². The van der Waals surface area contributed by atoms with Gasteiger partial charge in [0.25, 0.3) is 0 Å². The molecule has 0 amide bonds. The molecule has 0 bridgehead atoms. The van der Waals surface area contributed by atoms with E-state index in [-0.39, 0.29) is 0 Å². The summed E-state index contributed by atoms with van der Waals surface area (Å²) in [6.45, 7) is 4.83. The van der Waals surface area contributed by atoms with Crippen molar-refractivity contribution in [1.82, 2.24) is 4.57 Å². The third kappa shape index (κ3) is 3.50. The van der Waals surface area contributed by atoms with Crippen LogP contribution >= 0.6 is 0 Å². The molecule has 0 aliphatic carbocycles. The lowest BCUT2D eigenvalue weighted by atomic mass is 10.1. The van der Waals surface area contributed by atoms with Gasteiger partial charge in [0.1, 0.15) is 22.8 Å². The predicted octanol–water partition coefficient (Wildman–Crippen LogP) is 4.72. The summed E-state index contributed by atoms with van der Waals surface area (Å²) in [6.07, 6.45) is 0.954. The fraction of sp³-hybridized carbons (Fsp3) is 0.318. The molecule has 1 atom stereocenters. The molecule has 5 nitrogen and oxygen atoms in total. The number of benzene rings is 2. The molecule has 3 aromatic rings. The van der Waals surface area contributed by atoms with Crippen LogP contribution in [0.25, 0.3) is 22.2 Å². The van der Waals surface area contributed by atoms with Crippen molar-refractivity contribution in [1.29, 1.82) is 5.26 Å². The van der Waals surface area contributed by atoms with Crippen molar-refractivity contribution >= 4 is 27.6 Å². The van der Waals surface area contributed by atoms with Crippen LogP contribution in [0.2, 0.25) is 0 Å². The van der Waals surface area contributed by atoms with E-state index < -0.39 is 11.0 Å².